The van der Waals surface area contributed by atoms with Gasteiger partial charge in [-0.25, -0.2) is 9.59 Å². The molecule has 0 radical (unpaired) electrons. The fourth-order valence-corrected chi connectivity index (χ4v) is 0.502. The van der Waals surface area contributed by atoms with Crippen LogP contribution < -0.4 is 0 Å². The van der Waals surface area contributed by atoms with E-state index in [9.17, 15) is 9.59 Å². The van der Waals surface area contributed by atoms with Gasteiger partial charge in [0, 0.05) is 12.2 Å². The largest absolute Gasteiger partial charge is 0.457 e. The highest BCUT2D eigenvalue weighted by atomic mass is 17.1. The molecule has 5 nitrogen and oxygen atoms in total. The molecular formula is C8H12O5. The van der Waals surface area contributed by atoms with E-state index in [1.807, 2.05) is 0 Å². The van der Waals surface area contributed by atoms with E-state index in [0.717, 1.165) is 12.2 Å². The summed E-state index contributed by atoms with van der Waals surface area (Å²) in [6, 6.07) is 0. The van der Waals surface area contributed by atoms with Crippen molar-refractivity contribution in [3.63, 3.8) is 0 Å². The summed E-state index contributed by atoms with van der Waals surface area (Å²) in [7, 11) is 0. The fraction of sp³-hybridized carbons (Fsp3) is 0.500. The zero-order valence-corrected chi connectivity index (χ0v) is 7.73. The topological polar surface area (TPSA) is 72.8 Å². The SMILES string of the molecule is CC(C)(C)OC(=O)C=CC(=O)OO. The third kappa shape index (κ3) is 7.02. The predicted molar refractivity (Wildman–Crippen MR) is 43.7 cm³/mol. The van der Waals surface area contributed by atoms with Gasteiger partial charge in [-0.2, -0.15) is 5.26 Å². The van der Waals surface area contributed by atoms with Gasteiger partial charge in [0.15, 0.2) is 0 Å². The van der Waals surface area contributed by atoms with Gasteiger partial charge in [0.1, 0.15) is 5.60 Å². The van der Waals surface area contributed by atoms with Gasteiger partial charge in [-0.15, -0.1) is 0 Å². The Bertz CT molecular complexity index is 223. The van der Waals surface area contributed by atoms with Crippen LogP contribution in [0.15, 0.2) is 12.2 Å². The van der Waals surface area contributed by atoms with Crippen molar-refractivity contribution in [3.8, 4) is 0 Å². The van der Waals surface area contributed by atoms with E-state index in [4.69, 9.17) is 9.99 Å². The Labute approximate surface area is 75.9 Å². The van der Waals surface area contributed by atoms with E-state index in [1.165, 1.54) is 0 Å². The molecule has 0 bridgehead atoms. The molecular weight excluding hydrogens is 176 g/mol. The third-order valence-electron chi connectivity index (χ3n) is 0.852. The molecule has 5 heteroatoms. The van der Waals surface area contributed by atoms with Crippen molar-refractivity contribution >= 4 is 11.9 Å². The van der Waals surface area contributed by atoms with Crippen LogP contribution in [0, 0.1) is 0 Å². The molecule has 0 rings (SSSR count). The molecule has 0 aromatic carbocycles. The average Bonchev–Trinajstić information content (AvgIpc) is 1.97. The fourth-order valence-electron chi connectivity index (χ4n) is 0.502. The van der Waals surface area contributed by atoms with Crippen molar-refractivity contribution in [3.05, 3.63) is 12.2 Å². The van der Waals surface area contributed by atoms with Crippen molar-refractivity contribution in [2.45, 2.75) is 26.4 Å². The predicted octanol–water partition coefficient (Wildman–Crippen LogP) is 0.900. The summed E-state index contributed by atoms with van der Waals surface area (Å²) in [5.74, 6) is -1.69. The first-order valence-corrected chi connectivity index (χ1v) is 3.61. The molecule has 0 heterocycles. The van der Waals surface area contributed by atoms with E-state index < -0.39 is 17.5 Å². The van der Waals surface area contributed by atoms with Crippen LogP contribution in [0.2, 0.25) is 0 Å². The number of hydrogen-bond acceptors (Lipinski definition) is 5. The van der Waals surface area contributed by atoms with E-state index in [0.29, 0.717) is 0 Å². The maximum absolute atomic E-state index is 10.9. The lowest BCUT2D eigenvalue weighted by atomic mass is 10.2. The smallest absolute Gasteiger partial charge is 0.365 e. The first-order chi connectivity index (χ1) is 5.85. The molecule has 0 atom stereocenters. The van der Waals surface area contributed by atoms with Crippen LogP contribution in [0.4, 0.5) is 0 Å². The molecule has 1 N–H and O–H groups in total. The lowest BCUT2D eigenvalue weighted by Gasteiger charge is -2.17. The summed E-state index contributed by atoms with van der Waals surface area (Å²) >= 11 is 0. The second-order valence-corrected chi connectivity index (χ2v) is 3.28. The van der Waals surface area contributed by atoms with Crippen LogP contribution in [0.3, 0.4) is 0 Å². The summed E-state index contributed by atoms with van der Waals surface area (Å²) in [4.78, 5) is 24.5. The summed E-state index contributed by atoms with van der Waals surface area (Å²) in [6.45, 7) is 5.09. The van der Waals surface area contributed by atoms with Crippen molar-refractivity contribution in [2.24, 2.45) is 0 Å². The molecule has 0 amide bonds. The first-order valence-electron chi connectivity index (χ1n) is 3.61. The highest BCUT2D eigenvalue weighted by molar-refractivity contribution is 5.91. The maximum atomic E-state index is 10.9. The molecule has 0 unspecified atom stereocenters. The van der Waals surface area contributed by atoms with Crippen LogP contribution >= 0.6 is 0 Å². The van der Waals surface area contributed by atoms with Crippen molar-refractivity contribution in [1.82, 2.24) is 0 Å². The summed E-state index contributed by atoms with van der Waals surface area (Å²) < 4.78 is 4.82. The van der Waals surface area contributed by atoms with Gasteiger partial charge >= 0.3 is 11.9 Å². The first kappa shape index (κ1) is 11.6. The van der Waals surface area contributed by atoms with Crippen LogP contribution in [-0.4, -0.2) is 22.8 Å². The van der Waals surface area contributed by atoms with Gasteiger partial charge in [-0.1, -0.05) is 0 Å². The molecule has 0 aliphatic rings. The molecule has 0 saturated carbocycles. The number of ether oxygens (including phenoxy) is 1. The van der Waals surface area contributed by atoms with Gasteiger partial charge in [0.25, 0.3) is 0 Å². The highest BCUT2D eigenvalue weighted by Gasteiger charge is 2.14. The number of rotatable bonds is 2. The van der Waals surface area contributed by atoms with Gasteiger partial charge in [0.2, 0.25) is 0 Å². The molecule has 0 aromatic heterocycles. The Morgan fingerprint density at radius 3 is 2.00 bits per heavy atom. The second kappa shape index (κ2) is 4.61. The Kier molecular flexibility index (Phi) is 4.13. The summed E-state index contributed by atoms with van der Waals surface area (Å²) in [6.07, 6.45) is 1.65. The molecule has 0 fully saturated rings. The van der Waals surface area contributed by atoms with Crippen molar-refractivity contribution in [2.75, 3.05) is 0 Å². The number of carbonyl (C=O) groups is 2. The number of hydrogen-bond donors (Lipinski definition) is 1. The number of esters is 1. The molecule has 13 heavy (non-hydrogen) atoms. The maximum Gasteiger partial charge on any atom is 0.365 e. The Morgan fingerprint density at radius 1 is 1.15 bits per heavy atom. The quantitative estimate of drug-likeness (QED) is 0.301. The summed E-state index contributed by atoms with van der Waals surface area (Å²) in [5.41, 5.74) is -0.607. The minimum atomic E-state index is -1.02. The normalized spacial score (nSPS) is 11.4. The molecule has 74 valence electrons. The molecule has 0 aliphatic heterocycles. The number of carbonyl (C=O) groups excluding carboxylic acids is 2. The lowest BCUT2D eigenvalue weighted by Crippen LogP contribution is -2.22. The Morgan fingerprint density at radius 2 is 1.62 bits per heavy atom. The monoisotopic (exact) mass is 188 g/mol. The minimum absolute atomic E-state index is 0.607. The minimum Gasteiger partial charge on any atom is -0.457 e. The van der Waals surface area contributed by atoms with Crippen molar-refractivity contribution < 1.29 is 24.5 Å². The average molecular weight is 188 g/mol. The van der Waals surface area contributed by atoms with E-state index in [2.05, 4.69) is 4.89 Å². The van der Waals surface area contributed by atoms with Gasteiger partial charge in [-0.3, -0.25) is 4.89 Å². The Hall–Kier alpha value is -1.36. The van der Waals surface area contributed by atoms with Crippen LogP contribution in [0.5, 0.6) is 0 Å². The molecule has 0 aliphatic carbocycles. The van der Waals surface area contributed by atoms with Gasteiger partial charge < -0.3 is 4.74 Å². The van der Waals surface area contributed by atoms with Crippen LogP contribution in [-0.2, 0) is 19.2 Å². The molecule has 0 saturated heterocycles. The molecule has 0 spiro atoms. The highest BCUT2D eigenvalue weighted by Crippen LogP contribution is 2.06. The van der Waals surface area contributed by atoms with Crippen LogP contribution in [0.25, 0.3) is 0 Å². The van der Waals surface area contributed by atoms with Crippen molar-refractivity contribution in [1.29, 1.82) is 0 Å². The Balaban J connectivity index is 4.02. The third-order valence-corrected chi connectivity index (χ3v) is 0.852. The lowest BCUT2D eigenvalue weighted by molar-refractivity contribution is -0.228. The van der Waals surface area contributed by atoms with Crippen LogP contribution in [0.1, 0.15) is 20.8 Å². The van der Waals surface area contributed by atoms with E-state index >= 15 is 0 Å². The summed E-state index contributed by atoms with van der Waals surface area (Å²) in [5, 5.41) is 7.83. The van der Waals surface area contributed by atoms with E-state index in [1.54, 1.807) is 20.8 Å². The standard InChI is InChI=1S/C8H12O5/c1-8(2,3)12-6(9)4-5-7(10)13-11/h4-5,11H,1-3H3. The second-order valence-electron chi connectivity index (χ2n) is 3.28. The molecule has 0 aromatic rings. The zero-order chi connectivity index (χ0) is 10.5. The zero-order valence-electron chi connectivity index (χ0n) is 7.73. The van der Waals surface area contributed by atoms with E-state index in [-0.39, 0.29) is 0 Å². The van der Waals surface area contributed by atoms with Gasteiger partial charge in [0.05, 0.1) is 0 Å². The van der Waals surface area contributed by atoms with Gasteiger partial charge in [-0.05, 0) is 20.8 Å².